The summed E-state index contributed by atoms with van der Waals surface area (Å²) in [4.78, 5) is 0. The highest BCUT2D eigenvalue weighted by atomic mass is 16.3. The van der Waals surface area contributed by atoms with Gasteiger partial charge in [-0.2, -0.15) is 0 Å². The summed E-state index contributed by atoms with van der Waals surface area (Å²) in [5, 5.41) is 9.60. The Balaban J connectivity index is 2.17. The maximum atomic E-state index is 9.60. The van der Waals surface area contributed by atoms with E-state index in [2.05, 4.69) is 13.0 Å². The quantitative estimate of drug-likeness (QED) is 0.846. The standard InChI is InChI=1S/C14H21NO2/c1-11(9-13-3-2-8-17-13)14(10-15)6-4-12(16)5-7-14/h2-3,8-9,12,16H,4-7,10,15H2,1H3/b11-9+. The molecule has 0 radical (unpaired) electrons. The van der Waals surface area contributed by atoms with Crippen LogP contribution in [-0.2, 0) is 0 Å². The van der Waals surface area contributed by atoms with Crippen LogP contribution in [0.15, 0.2) is 28.4 Å². The third-order valence-corrected chi connectivity index (χ3v) is 4.04. The molecule has 17 heavy (non-hydrogen) atoms. The summed E-state index contributed by atoms with van der Waals surface area (Å²) in [6.45, 7) is 2.76. The van der Waals surface area contributed by atoms with Gasteiger partial charge in [0.2, 0.25) is 0 Å². The van der Waals surface area contributed by atoms with Crippen molar-refractivity contribution in [1.82, 2.24) is 0 Å². The molecule has 3 nitrogen and oxygen atoms in total. The molecule has 0 aliphatic heterocycles. The van der Waals surface area contributed by atoms with Gasteiger partial charge in [0, 0.05) is 12.0 Å². The van der Waals surface area contributed by atoms with Gasteiger partial charge in [0.15, 0.2) is 0 Å². The lowest BCUT2D eigenvalue weighted by Crippen LogP contribution is -2.37. The van der Waals surface area contributed by atoms with Gasteiger partial charge in [-0.3, -0.25) is 0 Å². The van der Waals surface area contributed by atoms with Crippen molar-refractivity contribution < 1.29 is 9.52 Å². The first kappa shape index (κ1) is 12.4. The summed E-state index contributed by atoms with van der Waals surface area (Å²) < 4.78 is 5.34. The highest BCUT2D eigenvalue weighted by Gasteiger charge is 2.35. The second kappa shape index (κ2) is 5.07. The number of nitrogens with two attached hydrogens (primary N) is 1. The highest BCUT2D eigenvalue weighted by Crippen LogP contribution is 2.42. The molecule has 0 saturated heterocycles. The molecule has 1 aliphatic rings. The lowest BCUT2D eigenvalue weighted by Gasteiger charge is -2.39. The molecule has 1 aromatic heterocycles. The smallest absolute Gasteiger partial charge is 0.126 e. The molecule has 3 N–H and O–H groups in total. The molecule has 0 bridgehead atoms. The molecule has 0 unspecified atom stereocenters. The number of rotatable bonds is 3. The van der Waals surface area contributed by atoms with Gasteiger partial charge < -0.3 is 15.3 Å². The summed E-state index contributed by atoms with van der Waals surface area (Å²) in [6.07, 6.45) is 7.23. The monoisotopic (exact) mass is 235 g/mol. The van der Waals surface area contributed by atoms with E-state index in [1.165, 1.54) is 5.57 Å². The van der Waals surface area contributed by atoms with Crippen LogP contribution >= 0.6 is 0 Å². The topological polar surface area (TPSA) is 59.4 Å². The summed E-state index contributed by atoms with van der Waals surface area (Å²) in [6, 6.07) is 3.84. The summed E-state index contributed by atoms with van der Waals surface area (Å²) in [7, 11) is 0. The molecule has 1 heterocycles. The SMILES string of the molecule is C/C(=C\c1ccco1)C1(CN)CCC(O)CC1. The normalized spacial score (nSPS) is 30.5. The minimum Gasteiger partial charge on any atom is -0.465 e. The van der Waals surface area contributed by atoms with Crippen molar-refractivity contribution >= 4 is 6.08 Å². The van der Waals surface area contributed by atoms with Crippen LogP contribution in [0.3, 0.4) is 0 Å². The molecule has 1 aliphatic carbocycles. The molecule has 94 valence electrons. The van der Waals surface area contributed by atoms with Crippen LogP contribution in [0.1, 0.15) is 38.4 Å². The van der Waals surface area contributed by atoms with Crippen LogP contribution in [-0.4, -0.2) is 17.8 Å². The first-order valence-electron chi connectivity index (χ1n) is 6.27. The van der Waals surface area contributed by atoms with Gasteiger partial charge in [0.25, 0.3) is 0 Å². The van der Waals surface area contributed by atoms with E-state index in [0.29, 0.717) is 6.54 Å². The van der Waals surface area contributed by atoms with Gasteiger partial charge >= 0.3 is 0 Å². The predicted molar refractivity (Wildman–Crippen MR) is 68.3 cm³/mol. The van der Waals surface area contributed by atoms with Gasteiger partial charge in [-0.1, -0.05) is 5.57 Å². The minimum absolute atomic E-state index is 0.0476. The average Bonchev–Trinajstić information content (AvgIpc) is 2.83. The van der Waals surface area contributed by atoms with Crippen LogP contribution in [0.25, 0.3) is 6.08 Å². The van der Waals surface area contributed by atoms with E-state index in [4.69, 9.17) is 10.2 Å². The zero-order valence-corrected chi connectivity index (χ0v) is 10.4. The molecule has 2 rings (SSSR count). The highest BCUT2D eigenvalue weighted by molar-refractivity contribution is 5.48. The minimum atomic E-state index is -0.147. The average molecular weight is 235 g/mol. The molecule has 1 saturated carbocycles. The van der Waals surface area contributed by atoms with Crippen molar-refractivity contribution in [2.45, 2.75) is 38.7 Å². The van der Waals surface area contributed by atoms with Crippen LogP contribution < -0.4 is 5.73 Å². The number of aliphatic hydroxyl groups is 1. The summed E-state index contributed by atoms with van der Waals surface area (Å²) in [5.74, 6) is 0.876. The second-order valence-electron chi connectivity index (χ2n) is 5.06. The lowest BCUT2D eigenvalue weighted by atomic mass is 9.68. The molecule has 0 spiro atoms. The van der Waals surface area contributed by atoms with Gasteiger partial charge in [0.05, 0.1) is 12.4 Å². The Morgan fingerprint density at radius 3 is 2.82 bits per heavy atom. The van der Waals surface area contributed by atoms with Crippen molar-refractivity contribution in [3.63, 3.8) is 0 Å². The lowest BCUT2D eigenvalue weighted by molar-refractivity contribution is 0.0832. The van der Waals surface area contributed by atoms with Gasteiger partial charge in [-0.25, -0.2) is 0 Å². The fourth-order valence-corrected chi connectivity index (χ4v) is 2.65. The van der Waals surface area contributed by atoms with E-state index in [1.807, 2.05) is 12.1 Å². The first-order chi connectivity index (χ1) is 8.16. The van der Waals surface area contributed by atoms with Gasteiger partial charge in [-0.05, 0) is 50.8 Å². The Labute approximate surface area is 102 Å². The third kappa shape index (κ3) is 2.61. The molecular formula is C14H21NO2. The molecular weight excluding hydrogens is 214 g/mol. The number of furan rings is 1. The zero-order chi connectivity index (χ0) is 12.3. The Morgan fingerprint density at radius 2 is 2.29 bits per heavy atom. The van der Waals surface area contributed by atoms with Crippen molar-refractivity contribution in [3.8, 4) is 0 Å². The van der Waals surface area contributed by atoms with Gasteiger partial charge in [-0.15, -0.1) is 0 Å². The van der Waals surface area contributed by atoms with Crippen molar-refractivity contribution in [2.24, 2.45) is 11.1 Å². The predicted octanol–water partition coefficient (Wildman–Crippen LogP) is 2.56. The van der Waals surface area contributed by atoms with Crippen molar-refractivity contribution in [2.75, 3.05) is 6.54 Å². The molecule has 0 aromatic carbocycles. The fraction of sp³-hybridized carbons (Fsp3) is 0.571. The summed E-state index contributed by atoms with van der Waals surface area (Å²) in [5.41, 5.74) is 7.27. The number of hydrogen-bond acceptors (Lipinski definition) is 3. The molecule has 0 amide bonds. The summed E-state index contributed by atoms with van der Waals surface area (Å²) >= 11 is 0. The Bertz CT molecular complexity index is 373. The molecule has 3 heteroatoms. The fourth-order valence-electron chi connectivity index (χ4n) is 2.65. The van der Waals surface area contributed by atoms with E-state index in [-0.39, 0.29) is 11.5 Å². The van der Waals surface area contributed by atoms with E-state index < -0.39 is 0 Å². The van der Waals surface area contributed by atoms with Crippen molar-refractivity contribution in [3.05, 3.63) is 29.7 Å². The van der Waals surface area contributed by atoms with Crippen LogP contribution in [0.5, 0.6) is 0 Å². The maximum absolute atomic E-state index is 9.60. The van der Waals surface area contributed by atoms with E-state index >= 15 is 0 Å². The van der Waals surface area contributed by atoms with Gasteiger partial charge in [0.1, 0.15) is 5.76 Å². The van der Waals surface area contributed by atoms with Crippen LogP contribution in [0, 0.1) is 5.41 Å². The second-order valence-corrected chi connectivity index (χ2v) is 5.06. The van der Waals surface area contributed by atoms with Crippen LogP contribution in [0.4, 0.5) is 0 Å². The van der Waals surface area contributed by atoms with E-state index in [9.17, 15) is 5.11 Å². The van der Waals surface area contributed by atoms with Crippen LogP contribution in [0.2, 0.25) is 0 Å². The zero-order valence-electron chi connectivity index (χ0n) is 10.4. The van der Waals surface area contributed by atoms with E-state index in [1.54, 1.807) is 6.26 Å². The van der Waals surface area contributed by atoms with Crippen molar-refractivity contribution in [1.29, 1.82) is 0 Å². The number of aliphatic hydroxyl groups excluding tert-OH is 1. The maximum Gasteiger partial charge on any atom is 0.126 e. The van der Waals surface area contributed by atoms with E-state index in [0.717, 1.165) is 31.4 Å². The first-order valence-corrected chi connectivity index (χ1v) is 6.27. The Hall–Kier alpha value is -1.06. The Morgan fingerprint density at radius 1 is 1.59 bits per heavy atom. The molecule has 0 atom stereocenters. The largest absolute Gasteiger partial charge is 0.465 e. The molecule has 1 fully saturated rings. The number of hydrogen-bond donors (Lipinski definition) is 2. The Kier molecular flexibility index (Phi) is 3.69. The third-order valence-electron chi connectivity index (χ3n) is 4.04. The molecule has 1 aromatic rings.